The van der Waals surface area contributed by atoms with Gasteiger partial charge in [0.25, 0.3) is 17.7 Å². The largest absolute Gasteiger partial charge is 0.490 e. The van der Waals surface area contributed by atoms with Crippen LogP contribution >= 0.6 is 11.6 Å². The van der Waals surface area contributed by atoms with E-state index in [4.69, 9.17) is 27.9 Å². The monoisotopic (exact) mass is 822 g/mol. The van der Waals surface area contributed by atoms with E-state index in [1.807, 2.05) is 17.0 Å². The molecule has 4 amide bonds. The molecule has 0 radical (unpaired) electrons. The zero-order valence-corrected chi connectivity index (χ0v) is 34.0. The summed E-state index contributed by atoms with van der Waals surface area (Å²) in [5, 5.41) is 0.391. The van der Waals surface area contributed by atoms with Gasteiger partial charge in [0.05, 0.1) is 41.2 Å². The summed E-state index contributed by atoms with van der Waals surface area (Å²) >= 11 is 6.20. The molecule has 59 heavy (non-hydrogen) atoms. The van der Waals surface area contributed by atoms with E-state index in [0.29, 0.717) is 64.4 Å². The van der Waals surface area contributed by atoms with Gasteiger partial charge in [0.1, 0.15) is 23.4 Å². The number of rotatable bonds is 8. The molecule has 0 N–H and O–H groups in total. The third kappa shape index (κ3) is 7.59. The summed E-state index contributed by atoms with van der Waals surface area (Å²) in [4.78, 5) is 71.4. The number of imide groups is 1. The highest BCUT2D eigenvalue weighted by molar-refractivity contribution is 6.33. The van der Waals surface area contributed by atoms with Gasteiger partial charge in [-0.15, -0.1) is 0 Å². The van der Waals surface area contributed by atoms with Gasteiger partial charge in [-0.3, -0.25) is 29.0 Å². The van der Waals surface area contributed by atoms with Gasteiger partial charge >= 0.3 is 0 Å². The number of hydrogen-bond donors (Lipinski definition) is 0. The van der Waals surface area contributed by atoms with Crippen molar-refractivity contribution in [2.45, 2.75) is 82.6 Å². The first-order chi connectivity index (χ1) is 28.5. The van der Waals surface area contributed by atoms with Crippen LogP contribution < -0.4 is 14.5 Å². The van der Waals surface area contributed by atoms with E-state index in [1.54, 1.807) is 24.3 Å². The van der Waals surface area contributed by atoms with Crippen LogP contribution in [0.5, 0.6) is 5.75 Å². The van der Waals surface area contributed by atoms with E-state index >= 15 is 4.39 Å². The third-order valence-electron chi connectivity index (χ3n) is 13.4. The minimum atomic E-state index is -0.714. The zero-order chi connectivity index (χ0) is 40.9. The SMILES string of the molecule is [C-]#[N+]c1ccc(OC2CCC(N3Cc4nc(N5CCC(CN6CCN(c7cc8c(cc7F)C(=O)N(C7CCC(=O)N(C)C7=O)C8)CC6)CC5)ccc4C3=O)CC2)cc1Cl. The molecule has 15 heteroatoms. The van der Waals surface area contributed by atoms with Crippen LogP contribution in [0.2, 0.25) is 5.02 Å². The fourth-order valence-electron chi connectivity index (χ4n) is 9.89. The Morgan fingerprint density at radius 3 is 2.31 bits per heavy atom. The maximum Gasteiger partial charge on any atom is 0.256 e. The number of hydrogen-bond acceptors (Lipinski definition) is 9. The minimum Gasteiger partial charge on any atom is -0.490 e. The second kappa shape index (κ2) is 16.1. The van der Waals surface area contributed by atoms with Crippen LogP contribution in [-0.2, 0) is 22.7 Å². The van der Waals surface area contributed by atoms with E-state index in [0.717, 1.165) is 87.7 Å². The molecule has 1 saturated carbocycles. The number of pyridine rings is 1. The van der Waals surface area contributed by atoms with Gasteiger partial charge in [0, 0.05) is 77.4 Å². The Bertz CT molecular complexity index is 2230. The highest BCUT2D eigenvalue weighted by atomic mass is 35.5. The van der Waals surface area contributed by atoms with Gasteiger partial charge in [-0.25, -0.2) is 14.2 Å². The van der Waals surface area contributed by atoms with Crippen LogP contribution in [0.3, 0.4) is 0 Å². The molecule has 13 nitrogen and oxygen atoms in total. The number of amides is 4. The molecule has 9 rings (SSSR count). The number of aromatic nitrogens is 1. The molecule has 5 aliphatic heterocycles. The number of likely N-dealkylation sites (tertiary alicyclic amines) is 1. The highest BCUT2D eigenvalue weighted by Crippen LogP contribution is 2.37. The third-order valence-corrected chi connectivity index (χ3v) is 13.7. The number of likely N-dealkylation sites (N-methyl/N-ethyl adjacent to an activating group) is 1. The Morgan fingerprint density at radius 2 is 1.58 bits per heavy atom. The number of benzene rings is 2. The average molecular weight is 823 g/mol. The number of piperidine rings is 2. The zero-order valence-electron chi connectivity index (χ0n) is 33.2. The summed E-state index contributed by atoms with van der Waals surface area (Å²) in [6.07, 6.45) is 5.99. The second-order valence-corrected chi connectivity index (χ2v) is 17.2. The van der Waals surface area contributed by atoms with Crippen molar-refractivity contribution in [3.05, 3.63) is 87.1 Å². The number of halogens is 2. The Hall–Kier alpha value is -5.26. The smallest absolute Gasteiger partial charge is 0.256 e. The van der Waals surface area contributed by atoms with Crippen LogP contribution in [0.1, 0.15) is 83.3 Å². The maximum absolute atomic E-state index is 15.5. The van der Waals surface area contributed by atoms with Crippen molar-refractivity contribution in [2.75, 3.05) is 62.7 Å². The van der Waals surface area contributed by atoms with E-state index in [-0.39, 0.29) is 55.2 Å². The van der Waals surface area contributed by atoms with E-state index < -0.39 is 11.9 Å². The van der Waals surface area contributed by atoms with Crippen molar-refractivity contribution in [1.29, 1.82) is 0 Å². The van der Waals surface area contributed by atoms with E-state index in [1.165, 1.54) is 18.0 Å². The molecule has 1 atom stereocenters. The number of anilines is 2. The molecule has 2 aromatic carbocycles. The average Bonchev–Trinajstić information content (AvgIpc) is 3.75. The van der Waals surface area contributed by atoms with Crippen molar-refractivity contribution in [3.63, 3.8) is 0 Å². The molecule has 1 aromatic heterocycles. The summed E-state index contributed by atoms with van der Waals surface area (Å²) in [5.41, 5.74) is 3.47. The number of piperazine rings is 1. The lowest BCUT2D eigenvalue weighted by atomic mass is 9.92. The van der Waals surface area contributed by atoms with Gasteiger partial charge < -0.3 is 24.3 Å². The predicted molar refractivity (Wildman–Crippen MR) is 219 cm³/mol. The summed E-state index contributed by atoms with van der Waals surface area (Å²) < 4.78 is 21.7. The fourth-order valence-corrected chi connectivity index (χ4v) is 10.1. The Kier molecular flexibility index (Phi) is 10.7. The van der Waals surface area contributed by atoms with Crippen LogP contribution in [0.4, 0.5) is 21.6 Å². The molecule has 4 fully saturated rings. The number of fused-ring (bicyclic) bond motifs is 2. The summed E-state index contributed by atoms with van der Waals surface area (Å²) in [7, 11) is 1.44. The van der Waals surface area contributed by atoms with Gasteiger partial charge in [-0.2, -0.15) is 0 Å². The molecular weight excluding hydrogens is 775 g/mol. The number of ether oxygens (including phenoxy) is 1. The Balaban J connectivity index is 0.732. The number of carbonyl (C=O) groups excluding carboxylic acids is 4. The van der Waals surface area contributed by atoms with E-state index in [2.05, 4.69) is 19.5 Å². The number of carbonyl (C=O) groups is 4. The molecule has 1 aliphatic carbocycles. The molecule has 308 valence electrons. The van der Waals surface area contributed by atoms with Crippen LogP contribution in [0.25, 0.3) is 4.85 Å². The lowest BCUT2D eigenvalue weighted by Crippen LogP contribution is -2.53. The first-order valence-electron chi connectivity index (χ1n) is 20.8. The van der Waals surface area contributed by atoms with Crippen molar-refractivity contribution in [1.82, 2.24) is 24.6 Å². The molecular formula is C44H48ClFN8O5. The molecule has 6 heterocycles. The minimum absolute atomic E-state index is 0.0419. The van der Waals surface area contributed by atoms with Crippen molar-refractivity contribution in [2.24, 2.45) is 5.92 Å². The van der Waals surface area contributed by atoms with Crippen LogP contribution in [0, 0.1) is 18.3 Å². The number of nitrogens with zero attached hydrogens (tertiary/aromatic N) is 8. The van der Waals surface area contributed by atoms with Crippen molar-refractivity contribution < 1.29 is 28.3 Å². The second-order valence-electron chi connectivity index (χ2n) is 16.8. The van der Waals surface area contributed by atoms with Gasteiger partial charge in [-0.05, 0) is 92.8 Å². The normalized spacial score (nSPS) is 24.2. The molecule has 0 bridgehead atoms. The maximum atomic E-state index is 15.5. The van der Waals surface area contributed by atoms with Crippen LogP contribution in [-0.4, -0.2) is 119 Å². The predicted octanol–water partition coefficient (Wildman–Crippen LogP) is 5.91. The molecule has 3 saturated heterocycles. The topological polar surface area (TPSA) is 114 Å². The van der Waals surface area contributed by atoms with Gasteiger partial charge in [0.15, 0.2) is 0 Å². The van der Waals surface area contributed by atoms with Crippen molar-refractivity contribution >= 4 is 52.4 Å². The quantitative estimate of drug-likeness (QED) is 0.202. The molecule has 3 aromatic rings. The molecule has 0 spiro atoms. The fraction of sp³-hybridized carbons (Fsp3) is 0.500. The first kappa shape index (κ1) is 39.2. The van der Waals surface area contributed by atoms with Gasteiger partial charge in [0.2, 0.25) is 11.6 Å². The molecule has 6 aliphatic rings. The standard InChI is InChI=1S/C44H48ClFN8O5/c1-47-36-9-7-31(22-34(36)45)59-30-5-3-29(4-6-30)53-26-37-32(42(53)56)8-11-40(48-37)52-15-13-27(14-16-52)24-50-17-19-51(20-18-50)39-21-28-25-54(43(57)33(28)23-35(39)46)38-10-12-41(55)49(2)44(38)58/h7-9,11,21-23,27,29-30,38H,3-6,10,12-20,24-26H2,2H3. The van der Waals surface area contributed by atoms with E-state index in [9.17, 15) is 19.2 Å². The van der Waals surface area contributed by atoms with Gasteiger partial charge in [-0.1, -0.05) is 17.7 Å². The molecule has 1 unspecified atom stereocenters. The summed E-state index contributed by atoms with van der Waals surface area (Å²) in [6.45, 7) is 13.7. The van der Waals surface area contributed by atoms with Crippen molar-refractivity contribution in [3.8, 4) is 5.75 Å². The Labute approximate surface area is 348 Å². The van der Waals surface area contributed by atoms with Crippen LogP contribution in [0.15, 0.2) is 42.5 Å². The summed E-state index contributed by atoms with van der Waals surface area (Å²) in [6, 6.07) is 11.6. The first-order valence-corrected chi connectivity index (χ1v) is 21.2. The lowest BCUT2D eigenvalue weighted by molar-refractivity contribution is -0.150. The summed E-state index contributed by atoms with van der Waals surface area (Å²) in [5.74, 6) is 0.776. The lowest BCUT2D eigenvalue weighted by Gasteiger charge is -2.40. The Morgan fingerprint density at radius 1 is 0.831 bits per heavy atom. The highest BCUT2D eigenvalue weighted by Gasteiger charge is 2.42.